The highest BCUT2D eigenvalue weighted by Gasteiger charge is 2.16. The number of nitrogens with zero attached hydrogens (tertiary/aromatic N) is 5. The third-order valence-electron chi connectivity index (χ3n) is 3.08. The van der Waals surface area contributed by atoms with Gasteiger partial charge in [-0.2, -0.15) is 5.26 Å². The van der Waals surface area contributed by atoms with Crippen LogP contribution >= 0.6 is 0 Å². The fourth-order valence-corrected chi connectivity index (χ4v) is 1.91. The monoisotopic (exact) mass is 402 g/mol. The van der Waals surface area contributed by atoms with Gasteiger partial charge in [0.2, 0.25) is 11.6 Å². The molecule has 0 aliphatic rings. The number of hydrogen-bond donors (Lipinski definition) is 1. The number of carbonyl (C=O) groups is 1. The summed E-state index contributed by atoms with van der Waals surface area (Å²) in [5, 5.41) is 11.1. The normalized spacial score (nSPS) is 10.1. The lowest BCUT2D eigenvalue weighted by Crippen LogP contribution is -2.32. The SMILES string of the molecule is COc1nc(C)cnc1C#N.COc1nc(C)cnc1CNC(=O)OC(C)(C)C. The summed E-state index contributed by atoms with van der Waals surface area (Å²) in [5.41, 5.74) is 1.76. The molecule has 2 aromatic heterocycles. The molecule has 2 heterocycles. The predicted octanol–water partition coefficient (Wildman–Crippen LogP) is 2.48. The summed E-state index contributed by atoms with van der Waals surface area (Å²) >= 11 is 0. The van der Waals surface area contributed by atoms with Gasteiger partial charge in [-0.25, -0.2) is 19.7 Å². The van der Waals surface area contributed by atoms with Crippen molar-refractivity contribution in [3.05, 3.63) is 35.2 Å². The lowest BCUT2D eigenvalue weighted by atomic mass is 10.2. The Bertz CT molecular complexity index is 874. The number of aromatic nitrogens is 4. The van der Waals surface area contributed by atoms with Crippen molar-refractivity contribution in [3.8, 4) is 17.8 Å². The van der Waals surface area contributed by atoms with E-state index in [1.165, 1.54) is 20.4 Å². The first-order valence-electron chi connectivity index (χ1n) is 8.70. The second-order valence-corrected chi connectivity index (χ2v) is 6.80. The number of ether oxygens (including phenoxy) is 3. The fraction of sp³-hybridized carbons (Fsp3) is 0.474. The van der Waals surface area contributed by atoms with Crippen LogP contribution < -0.4 is 14.8 Å². The Hall–Kier alpha value is -3.48. The van der Waals surface area contributed by atoms with E-state index in [0.717, 1.165) is 11.4 Å². The van der Waals surface area contributed by atoms with E-state index in [1.54, 1.807) is 33.9 Å². The van der Waals surface area contributed by atoms with Crippen molar-refractivity contribution in [2.45, 2.75) is 46.8 Å². The molecule has 0 aliphatic heterocycles. The number of carbonyl (C=O) groups excluding carboxylic acids is 1. The Kier molecular flexibility index (Phi) is 8.73. The standard InChI is InChI=1S/C12H19N3O3.C7H7N3O/c1-8-6-13-9(10(15-8)17-5)7-14-11(16)18-12(2,3)4;1-5-4-9-6(3-8)7(10-5)11-2/h6H,7H2,1-5H3,(H,14,16);4H,1-2H3. The molecule has 2 aromatic rings. The van der Waals surface area contributed by atoms with Gasteiger partial charge in [0.05, 0.1) is 32.2 Å². The van der Waals surface area contributed by atoms with Gasteiger partial charge in [0.15, 0.2) is 0 Å². The molecule has 156 valence electrons. The minimum absolute atomic E-state index is 0.214. The van der Waals surface area contributed by atoms with Crippen LogP contribution in [0.1, 0.15) is 43.5 Å². The number of nitrogens with one attached hydrogen (secondary N) is 1. The number of amides is 1. The van der Waals surface area contributed by atoms with Crippen LogP contribution in [0.2, 0.25) is 0 Å². The molecule has 10 nitrogen and oxygen atoms in total. The summed E-state index contributed by atoms with van der Waals surface area (Å²) in [6.45, 7) is 9.24. The molecule has 0 radical (unpaired) electrons. The summed E-state index contributed by atoms with van der Waals surface area (Å²) in [5.74, 6) is 0.693. The first-order valence-corrected chi connectivity index (χ1v) is 8.70. The number of aryl methyl sites for hydroxylation is 2. The molecule has 1 amide bonds. The van der Waals surface area contributed by atoms with Crippen molar-refractivity contribution < 1.29 is 19.0 Å². The summed E-state index contributed by atoms with van der Waals surface area (Å²) in [6.07, 6.45) is 2.65. The zero-order valence-corrected chi connectivity index (χ0v) is 17.7. The second kappa shape index (κ2) is 10.8. The van der Waals surface area contributed by atoms with Gasteiger partial charge in [-0.3, -0.25) is 4.98 Å². The van der Waals surface area contributed by atoms with Crippen molar-refractivity contribution in [1.82, 2.24) is 25.3 Å². The molecular formula is C19H26N6O4. The Balaban J connectivity index is 0.000000326. The van der Waals surface area contributed by atoms with Crippen LogP contribution in [-0.2, 0) is 11.3 Å². The van der Waals surface area contributed by atoms with Crippen LogP contribution in [0, 0.1) is 25.2 Å². The van der Waals surface area contributed by atoms with Gasteiger partial charge in [0.1, 0.15) is 17.4 Å². The van der Waals surface area contributed by atoms with Gasteiger partial charge in [-0.05, 0) is 34.6 Å². The van der Waals surface area contributed by atoms with E-state index in [4.69, 9.17) is 19.5 Å². The molecule has 0 atom stereocenters. The zero-order chi connectivity index (χ0) is 22.0. The van der Waals surface area contributed by atoms with E-state index in [0.29, 0.717) is 11.6 Å². The highest BCUT2D eigenvalue weighted by Crippen LogP contribution is 2.13. The highest BCUT2D eigenvalue weighted by atomic mass is 16.6. The smallest absolute Gasteiger partial charge is 0.407 e. The molecular weight excluding hydrogens is 376 g/mol. The molecule has 0 spiro atoms. The molecule has 1 N–H and O–H groups in total. The molecule has 0 bridgehead atoms. The lowest BCUT2D eigenvalue weighted by molar-refractivity contribution is 0.0522. The van der Waals surface area contributed by atoms with Crippen LogP contribution in [0.15, 0.2) is 12.4 Å². The van der Waals surface area contributed by atoms with Crippen LogP contribution in [0.4, 0.5) is 4.79 Å². The molecule has 2 rings (SSSR count). The summed E-state index contributed by atoms with van der Waals surface area (Å²) in [6, 6.07) is 1.88. The topological polar surface area (TPSA) is 132 Å². The first-order chi connectivity index (χ1) is 13.6. The van der Waals surface area contributed by atoms with Crippen molar-refractivity contribution in [2.24, 2.45) is 0 Å². The quantitative estimate of drug-likeness (QED) is 0.819. The summed E-state index contributed by atoms with van der Waals surface area (Å²) < 4.78 is 15.0. The summed E-state index contributed by atoms with van der Waals surface area (Å²) in [4.78, 5) is 27.6. The number of alkyl carbamates (subject to hydrolysis) is 1. The Labute approximate surface area is 170 Å². The van der Waals surface area contributed by atoms with Crippen LogP contribution in [0.3, 0.4) is 0 Å². The van der Waals surface area contributed by atoms with E-state index in [-0.39, 0.29) is 18.1 Å². The molecule has 0 saturated heterocycles. The lowest BCUT2D eigenvalue weighted by Gasteiger charge is -2.19. The summed E-state index contributed by atoms with van der Waals surface area (Å²) in [7, 11) is 2.98. The minimum Gasteiger partial charge on any atom is -0.480 e. The van der Waals surface area contributed by atoms with E-state index in [9.17, 15) is 4.79 Å². The molecule has 0 fully saturated rings. The van der Waals surface area contributed by atoms with Crippen molar-refractivity contribution in [1.29, 1.82) is 5.26 Å². The Morgan fingerprint density at radius 1 is 1.07 bits per heavy atom. The molecule has 10 heteroatoms. The van der Waals surface area contributed by atoms with Gasteiger partial charge in [0.25, 0.3) is 5.88 Å². The first kappa shape index (κ1) is 23.6. The average molecular weight is 402 g/mol. The second-order valence-electron chi connectivity index (χ2n) is 6.80. The molecule has 0 saturated carbocycles. The van der Waals surface area contributed by atoms with Crippen LogP contribution in [0.25, 0.3) is 0 Å². The third-order valence-corrected chi connectivity index (χ3v) is 3.08. The van der Waals surface area contributed by atoms with Gasteiger partial charge in [-0.15, -0.1) is 0 Å². The van der Waals surface area contributed by atoms with Gasteiger partial charge in [0, 0.05) is 12.4 Å². The van der Waals surface area contributed by atoms with Crippen molar-refractivity contribution >= 4 is 6.09 Å². The molecule has 29 heavy (non-hydrogen) atoms. The minimum atomic E-state index is -0.521. The largest absolute Gasteiger partial charge is 0.480 e. The van der Waals surface area contributed by atoms with E-state index < -0.39 is 11.7 Å². The number of nitriles is 1. The predicted molar refractivity (Wildman–Crippen MR) is 104 cm³/mol. The Morgan fingerprint density at radius 3 is 2.14 bits per heavy atom. The maximum Gasteiger partial charge on any atom is 0.407 e. The fourth-order valence-electron chi connectivity index (χ4n) is 1.91. The third kappa shape index (κ3) is 8.38. The van der Waals surface area contributed by atoms with Crippen LogP contribution in [0.5, 0.6) is 11.8 Å². The number of hydrogen-bond acceptors (Lipinski definition) is 9. The van der Waals surface area contributed by atoms with Crippen LogP contribution in [-0.4, -0.2) is 45.8 Å². The van der Waals surface area contributed by atoms with Gasteiger partial charge < -0.3 is 19.5 Å². The van der Waals surface area contributed by atoms with Gasteiger partial charge in [-0.1, -0.05) is 0 Å². The van der Waals surface area contributed by atoms with Gasteiger partial charge >= 0.3 is 6.09 Å². The zero-order valence-electron chi connectivity index (χ0n) is 17.7. The van der Waals surface area contributed by atoms with E-state index in [2.05, 4.69) is 25.3 Å². The van der Waals surface area contributed by atoms with E-state index in [1.807, 2.05) is 13.0 Å². The maximum absolute atomic E-state index is 11.5. The molecule has 0 aromatic carbocycles. The Morgan fingerprint density at radius 2 is 1.62 bits per heavy atom. The highest BCUT2D eigenvalue weighted by molar-refractivity contribution is 5.67. The maximum atomic E-state index is 11.5. The molecule has 0 aliphatic carbocycles. The van der Waals surface area contributed by atoms with E-state index >= 15 is 0 Å². The van der Waals surface area contributed by atoms with Crippen molar-refractivity contribution in [2.75, 3.05) is 14.2 Å². The average Bonchev–Trinajstić information content (AvgIpc) is 2.65. The van der Waals surface area contributed by atoms with Crippen molar-refractivity contribution in [3.63, 3.8) is 0 Å². The number of methoxy groups -OCH3 is 2. The molecule has 0 unspecified atom stereocenters. The number of rotatable bonds is 4.